The molecule has 0 saturated carbocycles. The molecule has 1 aromatic carbocycles. The molecule has 0 atom stereocenters. The van der Waals surface area contributed by atoms with Crippen LogP contribution in [-0.2, 0) is 4.74 Å². The van der Waals surface area contributed by atoms with Crippen LogP contribution in [0.4, 0.5) is 5.13 Å². The monoisotopic (exact) mass is 374 g/mol. The van der Waals surface area contributed by atoms with Gasteiger partial charge in [-0.1, -0.05) is 22.9 Å². The first-order chi connectivity index (χ1) is 12.2. The fourth-order valence-corrected chi connectivity index (χ4v) is 3.13. The molecule has 0 fully saturated rings. The summed E-state index contributed by atoms with van der Waals surface area (Å²) >= 11 is 7.23. The third-order valence-electron chi connectivity index (χ3n) is 3.41. The number of hydrogen-bond donors (Lipinski definition) is 0. The molecule has 8 heteroatoms. The van der Waals surface area contributed by atoms with E-state index in [0.29, 0.717) is 33.9 Å². The van der Waals surface area contributed by atoms with Gasteiger partial charge in [0.05, 0.1) is 13.2 Å². The summed E-state index contributed by atoms with van der Waals surface area (Å²) in [7, 11) is 1.59. The van der Waals surface area contributed by atoms with Crippen molar-refractivity contribution in [3.63, 3.8) is 0 Å². The second-order valence-corrected chi connectivity index (χ2v) is 6.48. The summed E-state index contributed by atoms with van der Waals surface area (Å²) in [5.41, 5.74) is 1.38. The number of rotatable bonds is 6. The highest BCUT2D eigenvalue weighted by Gasteiger charge is 2.22. The lowest BCUT2D eigenvalue weighted by Crippen LogP contribution is -2.33. The van der Waals surface area contributed by atoms with Crippen LogP contribution in [0.15, 0.2) is 48.8 Å². The number of pyridine rings is 1. The van der Waals surface area contributed by atoms with Gasteiger partial charge in [0.1, 0.15) is 0 Å². The molecule has 0 unspecified atom stereocenters. The molecule has 2 aromatic heterocycles. The van der Waals surface area contributed by atoms with Gasteiger partial charge < -0.3 is 4.74 Å². The molecule has 6 nitrogen and oxygen atoms in total. The molecule has 0 aliphatic rings. The van der Waals surface area contributed by atoms with E-state index < -0.39 is 0 Å². The second-order valence-electron chi connectivity index (χ2n) is 5.09. The molecule has 0 saturated heterocycles. The van der Waals surface area contributed by atoms with Gasteiger partial charge in [0.15, 0.2) is 5.01 Å². The Hall–Kier alpha value is -2.35. The van der Waals surface area contributed by atoms with Gasteiger partial charge in [-0.2, -0.15) is 0 Å². The Kier molecular flexibility index (Phi) is 5.70. The number of halogens is 1. The first-order valence-electron chi connectivity index (χ1n) is 7.49. The van der Waals surface area contributed by atoms with Crippen LogP contribution in [0.1, 0.15) is 10.4 Å². The average molecular weight is 375 g/mol. The van der Waals surface area contributed by atoms with Gasteiger partial charge in [-0.15, -0.1) is 10.2 Å². The number of amides is 1. The topological polar surface area (TPSA) is 68.2 Å². The van der Waals surface area contributed by atoms with Crippen molar-refractivity contribution in [3.05, 3.63) is 59.4 Å². The minimum Gasteiger partial charge on any atom is -0.383 e. The van der Waals surface area contributed by atoms with Gasteiger partial charge in [-0.05, 0) is 36.4 Å². The van der Waals surface area contributed by atoms with Crippen LogP contribution in [0.2, 0.25) is 5.02 Å². The van der Waals surface area contributed by atoms with Gasteiger partial charge >= 0.3 is 0 Å². The van der Waals surface area contributed by atoms with E-state index in [1.807, 2.05) is 12.1 Å². The van der Waals surface area contributed by atoms with Crippen LogP contribution >= 0.6 is 22.9 Å². The zero-order valence-corrected chi connectivity index (χ0v) is 15.0. The molecule has 128 valence electrons. The first kappa shape index (κ1) is 17.5. The zero-order valence-electron chi connectivity index (χ0n) is 13.4. The van der Waals surface area contributed by atoms with Gasteiger partial charge in [0.2, 0.25) is 5.13 Å². The van der Waals surface area contributed by atoms with Crippen molar-refractivity contribution in [2.24, 2.45) is 0 Å². The summed E-state index contributed by atoms with van der Waals surface area (Å²) in [6, 6.07) is 10.5. The van der Waals surface area contributed by atoms with Crippen LogP contribution in [0.25, 0.3) is 10.6 Å². The highest BCUT2D eigenvalue weighted by Crippen LogP contribution is 2.29. The van der Waals surface area contributed by atoms with E-state index in [1.54, 1.807) is 48.7 Å². The van der Waals surface area contributed by atoms with Gasteiger partial charge in [-0.25, -0.2) is 0 Å². The maximum Gasteiger partial charge on any atom is 0.260 e. The third kappa shape index (κ3) is 4.19. The normalized spacial score (nSPS) is 10.6. The van der Waals surface area contributed by atoms with E-state index in [-0.39, 0.29) is 5.91 Å². The first-order valence-corrected chi connectivity index (χ1v) is 8.69. The molecule has 0 aliphatic heterocycles. The van der Waals surface area contributed by atoms with Crippen molar-refractivity contribution in [2.45, 2.75) is 0 Å². The van der Waals surface area contributed by atoms with Crippen LogP contribution in [0, 0.1) is 0 Å². The number of methoxy groups -OCH3 is 1. The van der Waals surface area contributed by atoms with Crippen molar-refractivity contribution in [2.75, 3.05) is 25.2 Å². The van der Waals surface area contributed by atoms with Crippen molar-refractivity contribution < 1.29 is 9.53 Å². The van der Waals surface area contributed by atoms with Gasteiger partial charge in [0, 0.05) is 35.7 Å². The number of carbonyl (C=O) groups is 1. The maximum atomic E-state index is 12.9. The molecule has 3 aromatic rings. The molecule has 3 rings (SSSR count). The molecule has 0 N–H and O–H groups in total. The summed E-state index contributed by atoms with van der Waals surface area (Å²) in [5.74, 6) is -0.178. The minimum atomic E-state index is -0.178. The lowest BCUT2D eigenvalue weighted by Gasteiger charge is -2.19. The average Bonchev–Trinajstić information content (AvgIpc) is 3.13. The smallest absolute Gasteiger partial charge is 0.260 e. The Morgan fingerprint density at radius 2 is 2.04 bits per heavy atom. The summed E-state index contributed by atoms with van der Waals surface area (Å²) in [4.78, 5) is 18.5. The molecular formula is C17H15ClN4O2S. The number of aromatic nitrogens is 3. The zero-order chi connectivity index (χ0) is 17.6. The van der Waals surface area contributed by atoms with Crippen molar-refractivity contribution in [1.82, 2.24) is 15.2 Å². The summed E-state index contributed by atoms with van der Waals surface area (Å²) in [6.45, 7) is 0.765. The molecule has 0 spiro atoms. The van der Waals surface area contributed by atoms with Gasteiger partial charge in [-0.3, -0.25) is 14.7 Å². The predicted molar refractivity (Wildman–Crippen MR) is 98.1 cm³/mol. The van der Waals surface area contributed by atoms with Crippen LogP contribution in [-0.4, -0.2) is 41.3 Å². The summed E-state index contributed by atoms with van der Waals surface area (Å²) < 4.78 is 5.12. The number of benzene rings is 1. The number of ether oxygens (including phenoxy) is 1. The number of nitrogens with zero attached hydrogens (tertiary/aromatic N) is 4. The van der Waals surface area contributed by atoms with E-state index in [9.17, 15) is 4.79 Å². The van der Waals surface area contributed by atoms with Crippen LogP contribution < -0.4 is 4.90 Å². The molecule has 0 aliphatic carbocycles. The van der Waals surface area contributed by atoms with Crippen molar-refractivity contribution >= 4 is 34.0 Å². The quantitative estimate of drug-likeness (QED) is 0.660. The predicted octanol–water partition coefficient (Wildman–Crippen LogP) is 3.55. The largest absolute Gasteiger partial charge is 0.383 e. The Morgan fingerprint density at radius 1 is 1.24 bits per heavy atom. The van der Waals surface area contributed by atoms with E-state index in [0.717, 1.165) is 5.56 Å². The fraction of sp³-hybridized carbons (Fsp3) is 0.176. The molecule has 25 heavy (non-hydrogen) atoms. The third-order valence-corrected chi connectivity index (χ3v) is 4.66. The standard InChI is InChI=1S/C17H15ClN4O2S/c1-24-10-9-22(16(23)12-4-6-14(18)7-5-12)17-21-20-15(25-17)13-3-2-8-19-11-13/h2-8,11H,9-10H2,1H3. The molecule has 0 radical (unpaired) electrons. The summed E-state index contributed by atoms with van der Waals surface area (Å²) in [6.07, 6.45) is 3.41. The Labute approximate surface area is 154 Å². The van der Waals surface area contributed by atoms with Crippen LogP contribution in [0.3, 0.4) is 0 Å². The maximum absolute atomic E-state index is 12.9. The Morgan fingerprint density at radius 3 is 2.72 bits per heavy atom. The SMILES string of the molecule is COCCN(C(=O)c1ccc(Cl)cc1)c1nnc(-c2cccnc2)s1. The number of hydrogen-bond acceptors (Lipinski definition) is 6. The highest BCUT2D eigenvalue weighted by atomic mass is 35.5. The van der Waals surface area contributed by atoms with E-state index in [4.69, 9.17) is 16.3 Å². The number of anilines is 1. The minimum absolute atomic E-state index is 0.178. The van der Waals surface area contributed by atoms with Crippen LogP contribution in [0.5, 0.6) is 0 Å². The molecule has 0 bridgehead atoms. The highest BCUT2D eigenvalue weighted by molar-refractivity contribution is 7.18. The molecular weight excluding hydrogens is 360 g/mol. The van der Waals surface area contributed by atoms with E-state index in [1.165, 1.54) is 11.3 Å². The lowest BCUT2D eigenvalue weighted by atomic mass is 10.2. The molecule has 2 heterocycles. The van der Waals surface area contributed by atoms with Crippen molar-refractivity contribution in [1.29, 1.82) is 0 Å². The van der Waals surface area contributed by atoms with Gasteiger partial charge in [0.25, 0.3) is 5.91 Å². The van der Waals surface area contributed by atoms with E-state index in [2.05, 4.69) is 15.2 Å². The second kappa shape index (κ2) is 8.15. The number of carbonyl (C=O) groups excluding carboxylic acids is 1. The fourth-order valence-electron chi connectivity index (χ4n) is 2.15. The summed E-state index contributed by atoms with van der Waals surface area (Å²) in [5, 5.41) is 10.1. The Bertz CT molecular complexity index is 839. The van der Waals surface area contributed by atoms with E-state index >= 15 is 0 Å². The van der Waals surface area contributed by atoms with Crippen molar-refractivity contribution in [3.8, 4) is 10.6 Å². The molecule has 1 amide bonds. The lowest BCUT2D eigenvalue weighted by molar-refractivity contribution is 0.0975. The Balaban J connectivity index is 1.89.